The fourth-order valence-electron chi connectivity index (χ4n) is 10.8. The van der Waals surface area contributed by atoms with E-state index >= 15 is 0 Å². The highest BCUT2D eigenvalue weighted by molar-refractivity contribution is 5.76. The standard InChI is InChI=1S/C67H127NO8/c1-3-5-7-9-11-13-15-17-19-21-23-25-27-28-29-30-31-32-33-35-36-38-40-42-44-46-48-50-52-54-56-61(70)60(59-75-67-66(74)65(73)64(72)62(58-69)76-67)68-63(71)57-55-53-51-49-47-45-43-41-39-37-34-26-24-22-20-18-16-14-12-10-8-6-4-2/h16,18,22,24,34,37,60-62,64-67,69-70,72-74H,3-15,17,19-21,23,25-33,35-36,38-59H2,1-2H3,(H,68,71)/b18-16-,24-22-,37-34-. The lowest BCUT2D eigenvalue weighted by molar-refractivity contribution is -0.302. The molecule has 0 bridgehead atoms. The number of aliphatic hydroxyl groups excluding tert-OH is 5. The number of hydrogen-bond acceptors (Lipinski definition) is 8. The third-order valence-corrected chi connectivity index (χ3v) is 16.0. The van der Waals surface area contributed by atoms with Crippen LogP contribution in [0.2, 0.25) is 0 Å². The quantitative estimate of drug-likeness (QED) is 0.0261. The molecule has 1 saturated heterocycles. The minimum Gasteiger partial charge on any atom is -0.394 e. The number of hydrogen-bond donors (Lipinski definition) is 6. The molecule has 0 aromatic rings. The van der Waals surface area contributed by atoms with Crippen LogP contribution >= 0.6 is 0 Å². The van der Waals surface area contributed by atoms with Crippen molar-refractivity contribution in [3.05, 3.63) is 36.5 Å². The SMILES string of the molecule is CCCCCCC/C=C\C/C=C\C/C=C\CCCCCCCCCCC(=O)NC(COC1OC(CO)C(O)C(O)C1O)C(O)CCCCCCCCCCCCCCCCCCCCCCCCCCCCCCCC. The number of allylic oxidation sites excluding steroid dienone is 6. The Morgan fingerprint density at radius 2 is 0.776 bits per heavy atom. The molecule has 9 heteroatoms. The third kappa shape index (κ3) is 45.2. The maximum absolute atomic E-state index is 13.1. The summed E-state index contributed by atoms with van der Waals surface area (Å²) in [5.74, 6) is -0.147. The van der Waals surface area contributed by atoms with Gasteiger partial charge in [0.15, 0.2) is 6.29 Å². The maximum Gasteiger partial charge on any atom is 0.220 e. The number of nitrogens with one attached hydrogen (secondary N) is 1. The van der Waals surface area contributed by atoms with Crippen LogP contribution in [-0.2, 0) is 14.3 Å². The van der Waals surface area contributed by atoms with E-state index < -0.39 is 49.5 Å². The van der Waals surface area contributed by atoms with Gasteiger partial charge in [-0.15, -0.1) is 0 Å². The highest BCUT2D eigenvalue weighted by atomic mass is 16.7. The number of rotatable bonds is 58. The van der Waals surface area contributed by atoms with E-state index in [0.29, 0.717) is 12.8 Å². The number of aliphatic hydroxyl groups is 5. The summed E-state index contributed by atoms with van der Waals surface area (Å²) in [5.41, 5.74) is 0. The number of amides is 1. The molecule has 0 aromatic carbocycles. The van der Waals surface area contributed by atoms with Gasteiger partial charge in [0.05, 0.1) is 25.4 Å². The summed E-state index contributed by atoms with van der Waals surface area (Å²) in [6, 6.07) is -0.725. The number of carbonyl (C=O) groups is 1. The first kappa shape index (κ1) is 72.4. The van der Waals surface area contributed by atoms with Crippen LogP contribution in [0.5, 0.6) is 0 Å². The monoisotopic (exact) mass is 1070 g/mol. The smallest absolute Gasteiger partial charge is 0.220 e. The molecule has 1 amide bonds. The molecule has 0 spiro atoms. The largest absolute Gasteiger partial charge is 0.394 e. The van der Waals surface area contributed by atoms with Gasteiger partial charge < -0.3 is 40.3 Å². The molecule has 1 rings (SSSR count). The van der Waals surface area contributed by atoms with Gasteiger partial charge in [0, 0.05) is 6.42 Å². The Morgan fingerprint density at radius 3 is 1.14 bits per heavy atom. The topological polar surface area (TPSA) is 149 Å². The van der Waals surface area contributed by atoms with Gasteiger partial charge >= 0.3 is 0 Å². The average Bonchev–Trinajstić information content (AvgIpc) is 3.42. The van der Waals surface area contributed by atoms with Gasteiger partial charge in [-0.05, 0) is 51.4 Å². The van der Waals surface area contributed by atoms with Gasteiger partial charge in [-0.2, -0.15) is 0 Å². The lowest BCUT2D eigenvalue weighted by Crippen LogP contribution is -2.60. The number of carbonyl (C=O) groups excluding carboxylic acids is 1. The Bertz CT molecular complexity index is 1290. The Hall–Kier alpha value is -1.59. The van der Waals surface area contributed by atoms with E-state index in [0.717, 1.165) is 57.8 Å². The van der Waals surface area contributed by atoms with E-state index in [-0.39, 0.29) is 12.5 Å². The molecule has 1 aliphatic heterocycles. The van der Waals surface area contributed by atoms with Crippen molar-refractivity contribution < 1.29 is 39.8 Å². The van der Waals surface area contributed by atoms with E-state index in [1.807, 2.05) is 0 Å². The fraction of sp³-hybridized carbons (Fsp3) is 0.896. The Morgan fingerprint density at radius 1 is 0.447 bits per heavy atom. The molecule has 1 heterocycles. The molecule has 0 saturated carbocycles. The molecular formula is C67H127NO8. The molecule has 1 aliphatic rings. The second-order valence-corrected chi connectivity index (χ2v) is 23.3. The Labute approximate surface area is 470 Å². The van der Waals surface area contributed by atoms with Gasteiger partial charge in [0.25, 0.3) is 0 Å². The summed E-state index contributed by atoms with van der Waals surface area (Å²) in [7, 11) is 0. The van der Waals surface area contributed by atoms with E-state index in [2.05, 4.69) is 55.6 Å². The zero-order valence-corrected chi connectivity index (χ0v) is 50.0. The predicted molar refractivity (Wildman–Crippen MR) is 323 cm³/mol. The zero-order chi connectivity index (χ0) is 55.0. The van der Waals surface area contributed by atoms with Crippen molar-refractivity contribution >= 4 is 5.91 Å². The second kappa shape index (κ2) is 56.7. The van der Waals surface area contributed by atoms with Gasteiger partial charge in [-0.25, -0.2) is 0 Å². The molecule has 9 nitrogen and oxygen atoms in total. The normalized spacial score (nSPS) is 19.0. The van der Waals surface area contributed by atoms with Crippen LogP contribution in [0.3, 0.4) is 0 Å². The van der Waals surface area contributed by atoms with Crippen molar-refractivity contribution in [3.63, 3.8) is 0 Å². The van der Waals surface area contributed by atoms with Crippen molar-refractivity contribution in [1.82, 2.24) is 5.32 Å². The first-order valence-corrected chi connectivity index (χ1v) is 33.2. The minimum atomic E-state index is -1.56. The van der Waals surface area contributed by atoms with Crippen LogP contribution in [0, 0.1) is 0 Å². The summed E-state index contributed by atoms with van der Waals surface area (Å²) in [6.45, 7) is 3.86. The lowest BCUT2D eigenvalue weighted by Gasteiger charge is -2.40. The van der Waals surface area contributed by atoms with Crippen molar-refractivity contribution in [2.75, 3.05) is 13.2 Å². The molecule has 1 fully saturated rings. The van der Waals surface area contributed by atoms with Crippen LogP contribution in [0.25, 0.3) is 0 Å². The lowest BCUT2D eigenvalue weighted by atomic mass is 9.99. The highest BCUT2D eigenvalue weighted by Gasteiger charge is 2.44. The van der Waals surface area contributed by atoms with Gasteiger partial charge in [0.2, 0.25) is 5.91 Å². The molecule has 7 atom stereocenters. The predicted octanol–water partition coefficient (Wildman–Crippen LogP) is 17.5. The summed E-state index contributed by atoms with van der Waals surface area (Å²) < 4.78 is 11.4. The van der Waals surface area contributed by atoms with Crippen molar-refractivity contribution in [2.45, 2.75) is 371 Å². The van der Waals surface area contributed by atoms with E-state index in [9.17, 15) is 30.3 Å². The Kier molecular flexibility index (Phi) is 54.0. The third-order valence-electron chi connectivity index (χ3n) is 16.0. The van der Waals surface area contributed by atoms with Crippen molar-refractivity contribution in [1.29, 1.82) is 0 Å². The molecule has 7 unspecified atom stereocenters. The first-order chi connectivity index (χ1) is 37.3. The van der Waals surface area contributed by atoms with Crippen LogP contribution in [0.1, 0.15) is 328 Å². The summed E-state index contributed by atoms with van der Waals surface area (Å²) >= 11 is 0. The molecule has 0 aromatic heterocycles. The van der Waals surface area contributed by atoms with Crippen LogP contribution in [0.15, 0.2) is 36.5 Å². The summed E-state index contributed by atoms with van der Waals surface area (Å²) in [4.78, 5) is 13.1. The maximum atomic E-state index is 13.1. The number of ether oxygens (including phenoxy) is 2. The van der Waals surface area contributed by atoms with Crippen molar-refractivity contribution in [2.24, 2.45) is 0 Å². The summed E-state index contributed by atoms with van der Waals surface area (Å²) in [5, 5.41) is 54.9. The second-order valence-electron chi connectivity index (χ2n) is 23.3. The average molecular weight is 1070 g/mol. The van der Waals surface area contributed by atoms with Crippen LogP contribution in [-0.4, -0.2) is 87.5 Å². The van der Waals surface area contributed by atoms with Crippen LogP contribution in [0.4, 0.5) is 0 Å². The molecule has 76 heavy (non-hydrogen) atoms. The summed E-state index contributed by atoms with van der Waals surface area (Å²) in [6.07, 6.45) is 67.7. The van der Waals surface area contributed by atoms with Crippen molar-refractivity contribution in [3.8, 4) is 0 Å². The number of unbranched alkanes of at least 4 members (excludes halogenated alkanes) is 42. The van der Waals surface area contributed by atoms with E-state index in [1.165, 1.54) is 244 Å². The highest BCUT2D eigenvalue weighted by Crippen LogP contribution is 2.24. The Balaban J connectivity index is 2.14. The first-order valence-electron chi connectivity index (χ1n) is 33.2. The molecule has 0 aliphatic carbocycles. The van der Waals surface area contributed by atoms with E-state index in [1.54, 1.807) is 0 Å². The zero-order valence-electron chi connectivity index (χ0n) is 50.0. The van der Waals surface area contributed by atoms with Gasteiger partial charge in [0.1, 0.15) is 24.4 Å². The van der Waals surface area contributed by atoms with Gasteiger partial charge in [-0.3, -0.25) is 4.79 Å². The van der Waals surface area contributed by atoms with E-state index in [4.69, 9.17) is 9.47 Å². The molecular weight excluding hydrogens is 947 g/mol. The molecule has 0 radical (unpaired) electrons. The molecule has 6 N–H and O–H groups in total. The van der Waals surface area contributed by atoms with Crippen LogP contribution < -0.4 is 5.32 Å². The molecule has 448 valence electrons. The fourth-order valence-corrected chi connectivity index (χ4v) is 10.8. The minimum absolute atomic E-state index is 0.140. The van der Waals surface area contributed by atoms with Gasteiger partial charge in [-0.1, -0.05) is 307 Å².